The van der Waals surface area contributed by atoms with Crippen LogP contribution in [0.4, 0.5) is 0 Å². The zero-order valence-electron chi connectivity index (χ0n) is 18.1. The Morgan fingerprint density at radius 3 is 2.30 bits per heavy atom. The van der Waals surface area contributed by atoms with Crippen LogP contribution in [-0.2, 0) is 11.2 Å². The Labute approximate surface area is 179 Å². The lowest BCUT2D eigenvalue weighted by atomic mass is 10.1. The van der Waals surface area contributed by atoms with E-state index in [1.54, 1.807) is 0 Å². The highest BCUT2D eigenvalue weighted by molar-refractivity contribution is 5.84. The van der Waals surface area contributed by atoms with Crippen molar-refractivity contribution < 1.29 is 14.3 Å². The van der Waals surface area contributed by atoms with Crippen molar-refractivity contribution in [1.82, 2.24) is 5.32 Å². The minimum atomic E-state index is -0.487. The summed E-state index contributed by atoms with van der Waals surface area (Å²) in [5.74, 6) is 1.55. The zero-order chi connectivity index (χ0) is 21.3. The molecule has 0 heterocycles. The Hall–Kier alpha value is -3.01. The number of fused-ring (bicyclic) bond motifs is 1. The van der Waals surface area contributed by atoms with Gasteiger partial charge in [0.15, 0.2) is 6.10 Å². The summed E-state index contributed by atoms with van der Waals surface area (Å²) in [6.45, 7) is 6.63. The lowest BCUT2D eigenvalue weighted by Gasteiger charge is -2.17. The molecule has 0 aliphatic rings. The highest BCUT2D eigenvalue weighted by Crippen LogP contribution is 2.22. The standard InChI is InChI=1S/C26H31NO3/c1-4-25(30-24-16-13-21-9-5-6-10-22(21)18-24)26(28)27-17-7-8-20-11-14-23(15-12-20)29-19(2)3/h5-6,9-16,18-19,25H,4,7-8,17H2,1-3H3,(H,27,28)/t25-/m1/s1. The lowest BCUT2D eigenvalue weighted by Crippen LogP contribution is -2.38. The highest BCUT2D eigenvalue weighted by Gasteiger charge is 2.18. The van der Waals surface area contributed by atoms with Gasteiger partial charge in [-0.1, -0.05) is 49.4 Å². The van der Waals surface area contributed by atoms with E-state index in [9.17, 15) is 4.79 Å². The molecular formula is C26H31NO3. The molecule has 4 nitrogen and oxygen atoms in total. The van der Waals surface area contributed by atoms with Crippen LogP contribution in [0.2, 0.25) is 0 Å². The van der Waals surface area contributed by atoms with Crippen LogP contribution in [0.3, 0.4) is 0 Å². The van der Waals surface area contributed by atoms with Crippen molar-refractivity contribution in [2.45, 2.75) is 52.2 Å². The van der Waals surface area contributed by atoms with Crippen molar-refractivity contribution in [3.05, 3.63) is 72.3 Å². The number of carbonyl (C=O) groups is 1. The summed E-state index contributed by atoms with van der Waals surface area (Å²) >= 11 is 0. The van der Waals surface area contributed by atoms with Crippen molar-refractivity contribution in [3.63, 3.8) is 0 Å². The van der Waals surface area contributed by atoms with E-state index in [4.69, 9.17) is 9.47 Å². The van der Waals surface area contributed by atoms with Gasteiger partial charge in [-0.25, -0.2) is 0 Å². The van der Waals surface area contributed by atoms with Gasteiger partial charge in [0.05, 0.1) is 6.10 Å². The van der Waals surface area contributed by atoms with E-state index in [1.165, 1.54) is 5.56 Å². The fraction of sp³-hybridized carbons (Fsp3) is 0.346. The minimum Gasteiger partial charge on any atom is -0.491 e. The van der Waals surface area contributed by atoms with Crippen molar-refractivity contribution in [2.24, 2.45) is 0 Å². The second-order valence-corrected chi connectivity index (χ2v) is 7.73. The number of hydrogen-bond acceptors (Lipinski definition) is 3. The molecule has 3 rings (SSSR count). The molecule has 4 heteroatoms. The van der Waals surface area contributed by atoms with Gasteiger partial charge >= 0.3 is 0 Å². The summed E-state index contributed by atoms with van der Waals surface area (Å²) in [5.41, 5.74) is 1.24. The highest BCUT2D eigenvalue weighted by atomic mass is 16.5. The van der Waals surface area contributed by atoms with Crippen LogP contribution in [0.1, 0.15) is 39.2 Å². The third-order valence-electron chi connectivity index (χ3n) is 4.90. The van der Waals surface area contributed by atoms with Crippen molar-refractivity contribution >= 4 is 16.7 Å². The van der Waals surface area contributed by atoms with Gasteiger partial charge in [0.1, 0.15) is 11.5 Å². The first kappa shape index (κ1) is 21.7. The molecule has 158 valence electrons. The number of carbonyl (C=O) groups excluding carboxylic acids is 1. The Morgan fingerprint density at radius 2 is 1.60 bits per heavy atom. The average molecular weight is 406 g/mol. The van der Waals surface area contributed by atoms with E-state index in [1.807, 2.05) is 69.3 Å². The summed E-state index contributed by atoms with van der Waals surface area (Å²) < 4.78 is 11.6. The minimum absolute atomic E-state index is 0.0636. The summed E-state index contributed by atoms with van der Waals surface area (Å²) in [6, 6.07) is 22.2. The zero-order valence-corrected chi connectivity index (χ0v) is 18.1. The maximum absolute atomic E-state index is 12.5. The first-order valence-corrected chi connectivity index (χ1v) is 10.7. The summed E-state index contributed by atoms with van der Waals surface area (Å²) in [7, 11) is 0. The van der Waals surface area contributed by atoms with Gasteiger partial charge in [-0.2, -0.15) is 0 Å². The van der Waals surface area contributed by atoms with E-state index < -0.39 is 6.10 Å². The molecule has 1 N–H and O–H groups in total. The molecule has 0 radical (unpaired) electrons. The molecule has 0 aliphatic carbocycles. The lowest BCUT2D eigenvalue weighted by molar-refractivity contribution is -0.128. The first-order valence-electron chi connectivity index (χ1n) is 10.7. The van der Waals surface area contributed by atoms with Crippen LogP contribution < -0.4 is 14.8 Å². The second-order valence-electron chi connectivity index (χ2n) is 7.73. The Kier molecular flexibility index (Phi) is 7.72. The smallest absolute Gasteiger partial charge is 0.261 e. The van der Waals surface area contributed by atoms with Gasteiger partial charge < -0.3 is 14.8 Å². The van der Waals surface area contributed by atoms with Gasteiger partial charge in [0, 0.05) is 6.54 Å². The first-order chi connectivity index (χ1) is 14.5. The molecule has 0 bridgehead atoms. The summed E-state index contributed by atoms with van der Waals surface area (Å²) in [6.07, 6.45) is 2.09. The van der Waals surface area contributed by atoms with Crippen molar-refractivity contribution in [3.8, 4) is 11.5 Å². The molecule has 1 atom stereocenters. The Balaban J connectivity index is 1.45. The van der Waals surface area contributed by atoms with Crippen molar-refractivity contribution in [2.75, 3.05) is 6.54 Å². The number of amides is 1. The summed E-state index contributed by atoms with van der Waals surface area (Å²) in [4.78, 5) is 12.5. The van der Waals surface area contributed by atoms with Crippen LogP contribution in [0.15, 0.2) is 66.7 Å². The molecule has 0 saturated heterocycles. The monoisotopic (exact) mass is 405 g/mol. The van der Waals surface area contributed by atoms with Gasteiger partial charge in [0.2, 0.25) is 0 Å². The number of benzene rings is 3. The molecule has 30 heavy (non-hydrogen) atoms. The Bertz CT molecular complexity index is 950. The maximum atomic E-state index is 12.5. The third-order valence-corrected chi connectivity index (χ3v) is 4.90. The van der Waals surface area contributed by atoms with Crippen molar-refractivity contribution in [1.29, 1.82) is 0 Å². The molecule has 0 spiro atoms. The van der Waals surface area contributed by atoms with E-state index in [0.717, 1.165) is 35.1 Å². The van der Waals surface area contributed by atoms with E-state index in [2.05, 4.69) is 23.5 Å². The van der Waals surface area contributed by atoms with E-state index in [-0.39, 0.29) is 12.0 Å². The molecule has 0 aliphatic heterocycles. The summed E-state index contributed by atoms with van der Waals surface area (Å²) in [5, 5.41) is 5.28. The fourth-order valence-electron chi connectivity index (χ4n) is 3.35. The molecule has 0 aromatic heterocycles. The van der Waals surface area contributed by atoms with Gasteiger partial charge in [-0.3, -0.25) is 4.79 Å². The van der Waals surface area contributed by atoms with E-state index in [0.29, 0.717) is 13.0 Å². The number of nitrogens with one attached hydrogen (secondary N) is 1. The second kappa shape index (κ2) is 10.7. The molecular weight excluding hydrogens is 374 g/mol. The van der Waals surface area contributed by atoms with Gasteiger partial charge in [-0.05, 0) is 73.7 Å². The van der Waals surface area contributed by atoms with Gasteiger partial charge in [0.25, 0.3) is 5.91 Å². The molecule has 3 aromatic rings. The van der Waals surface area contributed by atoms with Crippen LogP contribution in [0, 0.1) is 0 Å². The molecule has 0 unspecified atom stereocenters. The van der Waals surface area contributed by atoms with E-state index >= 15 is 0 Å². The topological polar surface area (TPSA) is 47.6 Å². The molecule has 0 saturated carbocycles. The normalized spacial score (nSPS) is 12.0. The predicted octanol–water partition coefficient (Wildman–Crippen LogP) is 5.53. The Morgan fingerprint density at radius 1 is 0.900 bits per heavy atom. The molecule has 0 fully saturated rings. The molecule has 1 amide bonds. The average Bonchev–Trinajstić information content (AvgIpc) is 2.75. The molecule has 3 aromatic carbocycles. The largest absolute Gasteiger partial charge is 0.491 e. The van der Waals surface area contributed by atoms with Gasteiger partial charge in [-0.15, -0.1) is 0 Å². The number of aryl methyl sites for hydroxylation is 1. The number of rotatable bonds is 10. The quantitative estimate of drug-likeness (QED) is 0.451. The number of ether oxygens (including phenoxy) is 2. The SMILES string of the molecule is CC[C@@H](Oc1ccc2ccccc2c1)C(=O)NCCCc1ccc(OC(C)C)cc1. The van der Waals surface area contributed by atoms with Crippen LogP contribution in [0.25, 0.3) is 10.8 Å². The maximum Gasteiger partial charge on any atom is 0.261 e. The fourth-order valence-corrected chi connectivity index (χ4v) is 3.35. The van der Waals surface area contributed by atoms with Crippen LogP contribution >= 0.6 is 0 Å². The number of hydrogen-bond donors (Lipinski definition) is 1. The third kappa shape index (κ3) is 6.24. The van der Waals surface area contributed by atoms with Crippen LogP contribution in [0.5, 0.6) is 11.5 Å². The predicted molar refractivity (Wildman–Crippen MR) is 122 cm³/mol. The van der Waals surface area contributed by atoms with Crippen LogP contribution in [-0.4, -0.2) is 24.7 Å².